The molecule has 8 heteroatoms. The van der Waals surface area contributed by atoms with Crippen molar-refractivity contribution in [3.05, 3.63) is 90.5 Å². The lowest BCUT2D eigenvalue weighted by molar-refractivity contribution is -0.136. The molecule has 1 aliphatic rings. The van der Waals surface area contributed by atoms with E-state index >= 15 is 0 Å². The van der Waals surface area contributed by atoms with Crippen LogP contribution in [0.4, 0.5) is 21.9 Å². The standard InChI is InChI=1S/C28H32N4O4/c1-19(2)25(26(33)32-18-36-27(34)24(32)17-20-9-5-3-6-10-20)31-28(35)30-23-15-13-22(14-16-23)29-21-11-7-4-8-12-21/h3-16,19,24-25,27,29,34H,17-18H2,1-2H3,(H2,30,31,35). The van der Waals surface area contributed by atoms with Crippen LogP contribution >= 0.6 is 0 Å². The van der Waals surface area contributed by atoms with E-state index in [1.54, 1.807) is 12.1 Å². The first kappa shape index (κ1) is 25.2. The fourth-order valence-corrected chi connectivity index (χ4v) is 4.14. The van der Waals surface area contributed by atoms with Crippen LogP contribution in [-0.4, -0.2) is 47.0 Å². The maximum absolute atomic E-state index is 13.4. The molecule has 0 saturated carbocycles. The molecular formula is C28H32N4O4. The Labute approximate surface area is 211 Å². The number of rotatable bonds is 8. The van der Waals surface area contributed by atoms with Gasteiger partial charge in [0, 0.05) is 17.1 Å². The number of carbonyl (C=O) groups is 2. The summed E-state index contributed by atoms with van der Waals surface area (Å²) in [5.74, 6) is -0.462. The largest absolute Gasteiger partial charge is 0.366 e. The number of benzene rings is 3. The van der Waals surface area contributed by atoms with Crippen LogP contribution in [0.15, 0.2) is 84.9 Å². The molecule has 0 aliphatic carbocycles. The van der Waals surface area contributed by atoms with Gasteiger partial charge in [-0.3, -0.25) is 4.79 Å². The molecule has 3 atom stereocenters. The number of aliphatic hydroxyl groups is 1. The minimum absolute atomic E-state index is 0.0279. The van der Waals surface area contributed by atoms with Crippen molar-refractivity contribution in [2.45, 2.75) is 38.6 Å². The Morgan fingerprint density at radius 2 is 1.50 bits per heavy atom. The smallest absolute Gasteiger partial charge is 0.319 e. The van der Waals surface area contributed by atoms with Crippen molar-refractivity contribution in [3.63, 3.8) is 0 Å². The minimum Gasteiger partial charge on any atom is -0.366 e. The third-order valence-electron chi connectivity index (χ3n) is 6.11. The molecule has 3 aromatic carbocycles. The van der Waals surface area contributed by atoms with E-state index in [0.29, 0.717) is 12.1 Å². The van der Waals surface area contributed by atoms with Crippen molar-refractivity contribution in [2.75, 3.05) is 17.4 Å². The zero-order chi connectivity index (χ0) is 25.5. The number of aliphatic hydroxyl groups excluding tert-OH is 1. The van der Waals surface area contributed by atoms with E-state index in [4.69, 9.17) is 4.74 Å². The van der Waals surface area contributed by atoms with Gasteiger partial charge in [0.1, 0.15) is 12.8 Å². The highest BCUT2D eigenvalue weighted by Crippen LogP contribution is 2.23. The zero-order valence-corrected chi connectivity index (χ0v) is 20.4. The molecule has 4 rings (SSSR count). The van der Waals surface area contributed by atoms with Crippen molar-refractivity contribution in [1.29, 1.82) is 0 Å². The molecule has 8 nitrogen and oxygen atoms in total. The Hall–Kier alpha value is -3.88. The summed E-state index contributed by atoms with van der Waals surface area (Å²) < 4.78 is 5.38. The van der Waals surface area contributed by atoms with Gasteiger partial charge in [-0.05, 0) is 54.3 Å². The van der Waals surface area contributed by atoms with Crippen LogP contribution in [0.25, 0.3) is 0 Å². The number of nitrogens with zero attached hydrogens (tertiary/aromatic N) is 1. The Balaban J connectivity index is 1.37. The molecule has 3 amide bonds. The predicted octanol–water partition coefficient (Wildman–Crippen LogP) is 4.32. The van der Waals surface area contributed by atoms with Crippen LogP contribution in [0, 0.1) is 5.92 Å². The highest BCUT2D eigenvalue weighted by atomic mass is 16.6. The van der Waals surface area contributed by atoms with Gasteiger partial charge in [-0.1, -0.05) is 62.4 Å². The van der Waals surface area contributed by atoms with Gasteiger partial charge in [0.15, 0.2) is 6.29 Å². The summed E-state index contributed by atoms with van der Waals surface area (Å²) in [6.07, 6.45) is -0.632. The van der Waals surface area contributed by atoms with Crippen LogP contribution in [0.2, 0.25) is 0 Å². The number of hydrogen-bond acceptors (Lipinski definition) is 5. The van der Waals surface area contributed by atoms with Gasteiger partial charge in [-0.15, -0.1) is 0 Å². The second kappa shape index (κ2) is 11.7. The first-order chi connectivity index (χ1) is 17.4. The Kier molecular flexibility index (Phi) is 8.20. The Morgan fingerprint density at radius 3 is 2.14 bits per heavy atom. The maximum atomic E-state index is 13.4. The van der Waals surface area contributed by atoms with E-state index in [9.17, 15) is 14.7 Å². The van der Waals surface area contributed by atoms with Gasteiger partial charge in [0.25, 0.3) is 0 Å². The van der Waals surface area contributed by atoms with E-state index in [2.05, 4.69) is 16.0 Å². The van der Waals surface area contributed by atoms with Gasteiger partial charge in [0.05, 0.1) is 6.04 Å². The number of carbonyl (C=O) groups excluding carboxylic acids is 2. The van der Waals surface area contributed by atoms with Gasteiger partial charge >= 0.3 is 6.03 Å². The quantitative estimate of drug-likeness (QED) is 0.378. The lowest BCUT2D eigenvalue weighted by Crippen LogP contribution is -2.54. The highest BCUT2D eigenvalue weighted by Gasteiger charge is 2.40. The molecule has 1 heterocycles. The van der Waals surface area contributed by atoms with Crippen LogP contribution in [-0.2, 0) is 16.0 Å². The first-order valence-electron chi connectivity index (χ1n) is 12.0. The number of nitrogens with one attached hydrogen (secondary N) is 3. The fraction of sp³-hybridized carbons (Fsp3) is 0.286. The van der Waals surface area contributed by atoms with E-state index in [1.807, 2.05) is 86.6 Å². The molecule has 0 bridgehead atoms. The molecule has 36 heavy (non-hydrogen) atoms. The summed E-state index contributed by atoms with van der Waals surface area (Å²) in [6.45, 7) is 3.71. The van der Waals surface area contributed by atoms with Crippen molar-refractivity contribution in [1.82, 2.24) is 10.2 Å². The van der Waals surface area contributed by atoms with E-state index < -0.39 is 24.4 Å². The molecule has 0 radical (unpaired) electrons. The summed E-state index contributed by atoms with van der Waals surface area (Å²) in [5, 5.41) is 19.2. The lowest BCUT2D eigenvalue weighted by atomic mass is 10.0. The molecule has 188 valence electrons. The summed E-state index contributed by atoms with van der Waals surface area (Å²) in [6, 6.07) is 24.9. The van der Waals surface area contributed by atoms with Crippen LogP contribution in [0.1, 0.15) is 19.4 Å². The second-order valence-corrected chi connectivity index (χ2v) is 9.14. The summed E-state index contributed by atoms with van der Waals surface area (Å²) in [7, 11) is 0. The van der Waals surface area contributed by atoms with E-state index in [1.165, 1.54) is 4.90 Å². The second-order valence-electron chi connectivity index (χ2n) is 9.14. The van der Waals surface area contributed by atoms with Gasteiger partial charge < -0.3 is 30.7 Å². The van der Waals surface area contributed by atoms with Crippen LogP contribution < -0.4 is 16.0 Å². The highest BCUT2D eigenvalue weighted by molar-refractivity contribution is 5.94. The zero-order valence-electron chi connectivity index (χ0n) is 20.4. The summed E-state index contributed by atoms with van der Waals surface area (Å²) in [4.78, 5) is 27.7. The third kappa shape index (κ3) is 6.41. The lowest BCUT2D eigenvalue weighted by Gasteiger charge is -2.30. The average molecular weight is 489 g/mol. The normalized spacial score (nSPS) is 18.1. The first-order valence-corrected chi connectivity index (χ1v) is 12.0. The summed E-state index contributed by atoms with van der Waals surface area (Å²) in [5.41, 5.74) is 3.44. The van der Waals surface area contributed by atoms with E-state index in [-0.39, 0.29) is 18.6 Å². The summed E-state index contributed by atoms with van der Waals surface area (Å²) >= 11 is 0. The van der Waals surface area contributed by atoms with Gasteiger partial charge in [-0.2, -0.15) is 0 Å². The molecule has 0 spiro atoms. The molecule has 0 aromatic heterocycles. The monoisotopic (exact) mass is 488 g/mol. The van der Waals surface area contributed by atoms with Gasteiger partial charge in [0.2, 0.25) is 5.91 Å². The SMILES string of the molecule is CC(C)C(NC(=O)Nc1ccc(Nc2ccccc2)cc1)C(=O)N1COC(O)C1Cc1ccccc1. The fourth-order valence-electron chi connectivity index (χ4n) is 4.14. The average Bonchev–Trinajstić information content (AvgIpc) is 3.24. The molecule has 3 aromatic rings. The number of amides is 3. The minimum atomic E-state index is -1.08. The Morgan fingerprint density at radius 1 is 0.917 bits per heavy atom. The number of urea groups is 1. The number of ether oxygens (including phenoxy) is 1. The van der Waals surface area contributed by atoms with Crippen molar-refractivity contribution < 1.29 is 19.4 Å². The molecule has 3 unspecified atom stereocenters. The van der Waals surface area contributed by atoms with Crippen molar-refractivity contribution in [3.8, 4) is 0 Å². The number of para-hydroxylation sites is 1. The molecule has 1 fully saturated rings. The predicted molar refractivity (Wildman–Crippen MR) is 140 cm³/mol. The number of hydrogen-bond donors (Lipinski definition) is 4. The maximum Gasteiger partial charge on any atom is 0.319 e. The molecule has 1 aliphatic heterocycles. The number of anilines is 3. The topological polar surface area (TPSA) is 103 Å². The van der Waals surface area contributed by atoms with Gasteiger partial charge in [-0.25, -0.2) is 4.79 Å². The van der Waals surface area contributed by atoms with Crippen LogP contribution in [0.3, 0.4) is 0 Å². The third-order valence-corrected chi connectivity index (χ3v) is 6.11. The molecular weight excluding hydrogens is 456 g/mol. The van der Waals surface area contributed by atoms with Crippen molar-refractivity contribution in [2.24, 2.45) is 5.92 Å². The molecule has 1 saturated heterocycles. The Bertz CT molecular complexity index is 1140. The van der Waals surface area contributed by atoms with Crippen molar-refractivity contribution >= 4 is 29.0 Å². The van der Waals surface area contributed by atoms with E-state index in [0.717, 1.165) is 16.9 Å². The molecule has 4 N–H and O–H groups in total. The van der Waals surface area contributed by atoms with Crippen LogP contribution in [0.5, 0.6) is 0 Å².